The second kappa shape index (κ2) is 5.68. The summed E-state index contributed by atoms with van der Waals surface area (Å²) >= 11 is 0. The van der Waals surface area contributed by atoms with Crippen LogP contribution in [0.15, 0.2) is 53.1 Å². The summed E-state index contributed by atoms with van der Waals surface area (Å²) in [5.41, 5.74) is 1.43. The monoisotopic (exact) mass is 277 g/mol. The molecule has 1 N–H and O–H groups in total. The smallest absolute Gasteiger partial charge is 0.144 e. The Bertz CT molecular complexity index is 787. The van der Waals surface area contributed by atoms with Crippen LogP contribution in [0.25, 0.3) is 10.9 Å². The number of pyridine rings is 1. The summed E-state index contributed by atoms with van der Waals surface area (Å²) in [6, 6.07) is 15.8. The zero-order valence-corrected chi connectivity index (χ0v) is 11.7. The molecule has 3 aromatic rings. The zero-order chi connectivity index (χ0) is 14.7. The lowest BCUT2D eigenvalue weighted by Crippen LogP contribution is -2.19. The molecule has 0 fully saturated rings. The van der Waals surface area contributed by atoms with Crippen molar-refractivity contribution in [2.75, 3.05) is 5.32 Å². The van der Waals surface area contributed by atoms with Gasteiger partial charge in [-0.05, 0) is 31.2 Å². The van der Waals surface area contributed by atoms with Crippen LogP contribution < -0.4 is 5.32 Å². The molecule has 0 aliphatic rings. The van der Waals surface area contributed by atoms with Crippen molar-refractivity contribution in [1.82, 2.24) is 4.98 Å². The van der Waals surface area contributed by atoms with Crippen molar-refractivity contribution in [3.63, 3.8) is 0 Å². The summed E-state index contributed by atoms with van der Waals surface area (Å²) in [7, 11) is 0. The van der Waals surface area contributed by atoms with E-state index in [-0.39, 0.29) is 6.04 Å². The predicted octanol–water partition coefficient (Wildman–Crippen LogP) is 3.74. The molecule has 0 saturated carbocycles. The maximum atomic E-state index is 9.30. The first kappa shape index (κ1) is 13.2. The van der Waals surface area contributed by atoms with Gasteiger partial charge in [0.1, 0.15) is 17.6 Å². The lowest BCUT2D eigenvalue weighted by atomic mass is 10.1. The fraction of sp³-hybridized carbons (Fsp3) is 0.176. The molecule has 0 aliphatic carbocycles. The van der Waals surface area contributed by atoms with Crippen LogP contribution in [0.5, 0.6) is 0 Å². The van der Waals surface area contributed by atoms with Gasteiger partial charge in [0.05, 0.1) is 17.3 Å². The first-order valence-corrected chi connectivity index (χ1v) is 6.85. The molecular weight excluding hydrogens is 262 g/mol. The SMILES string of the molecule is CC(Cc1ccco1)Nc1nc2ccccc2cc1C#N. The van der Waals surface area contributed by atoms with E-state index in [1.54, 1.807) is 6.26 Å². The number of furan rings is 1. The highest BCUT2D eigenvalue weighted by molar-refractivity contribution is 5.82. The molecule has 104 valence electrons. The summed E-state index contributed by atoms with van der Waals surface area (Å²) in [6.07, 6.45) is 2.41. The molecule has 21 heavy (non-hydrogen) atoms. The lowest BCUT2D eigenvalue weighted by Gasteiger charge is -2.15. The Labute approximate surface area is 123 Å². The van der Waals surface area contributed by atoms with Crippen LogP contribution in [-0.2, 0) is 6.42 Å². The van der Waals surface area contributed by atoms with Gasteiger partial charge in [0, 0.05) is 17.8 Å². The summed E-state index contributed by atoms with van der Waals surface area (Å²) in [6.45, 7) is 2.04. The average Bonchev–Trinajstić information content (AvgIpc) is 2.99. The van der Waals surface area contributed by atoms with Crippen molar-refractivity contribution in [2.45, 2.75) is 19.4 Å². The number of benzene rings is 1. The van der Waals surface area contributed by atoms with Crippen molar-refractivity contribution in [2.24, 2.45) is 0 Å². The van der Waals surface area contributed by atoms with Gasteiger partial charge in [0.15, 0.2) is 0 Å². The Morgan fingerprint density at radius 1 is 1.29 bits per heavy atom. The maximum absolute atomic E-state index is 9.30. The Morgan fingerprint density at radius 3 is 2.90 bits per heavy atom. The third kappa shape index (κ3) is 2.87. The van der Waals surface area contributed by atoms with Crippen LogP contribution in [0, 0.1) is 11.3 Å². The predicted molar refractivity (Wildman–Crippen MR) is 82.0 cm³/mol. The van der Waals surface area contributed by atoms with Gasteiger partial charge >= 0.3 is 0 Å². The number of aromatic nitrogens is 1. The van der Waals surface area contributed by atoms with E-state index in [9.17, 15) is 5.26 Å². The van der Waals surface area contributed by atoms with Gasteiger partial charge in [0.2, 0.25) is 0 Å². The van der Waals surface area contributed by atoms with Crippen LogP contribution in [0.1, 0.15) is 18.2 Å². The normalized spacial score (nSPS) is 12.0. The first-order valence-electron chi connectivity index (χ1n) is 6.85. The molecular formula is C17H15N3O. The molecule has 0 radical (unpaired) electrons. The van der Waals surface area contributed by atoms with E-state index in [1.807, 2.05) is 49.4 Å². The summed E-state index contributed by atoms with van der Waals surface area (Å²) in [5.74, 6) is 1.53. The van der Waals surface area contributed by atoms with Gasteiger partial charge in [-0.15, -0.1) is 0 Å². The van der Waals surface area contributed by atoms with Crippen LogP contribution in [0.2, 0.25) is 0 Å². The highest BCUT2D eigenvalue weighted by Gasteiger charge is 2.11. The fourth-order valence-electron chi connectivity index (χ4n) is 2.33. The van der Waals surface area contributed by atoms with E-state index in [0.717, 1.165) is 23.1 Å². The van der Waals surface area contributed by atoms with Crippen molar-refractivity contribution in [3.05, 3.63) is 60.1 Å². The molecule has 1 atom stereocenters. The molecule has 2 aromatic heterocycles. The molecule has 1 unspecified atom stereocenters. The number of nitriles is 1. The third-order valence-electron chi connectivity index (χ3n) is 3.32. The van der Waals surface area contributed by atoms with Gasteiger partial charge < -0.3 is 9.73 Å². The highest BCUT2D eigenvalue weighted by atomic mass is 16.3. The summed E-state index contributed by atoms with van der Waals surface area (Å²) < 4.78 is 5.34. The van der Waals surface area contributed by atoms with Crippen LogP contribution in [-0.4, -0.2) is 11.0 Å². The molecule has 3 rings (SSSR count). The number of para-hydroxylation sites is 1. The summed E-state index contributed by atoms with van der Waals surface area (Å²) in [4.78, 5) is 4.55. The Balaban J connectivity index is 1.87. The second-order valence-corrected chi connectivity index (χ2v) is 5.02. The minimum absolute atomic E-state index is 0.122. The van der Waals surface area contributed by atoms with Crippen molar-refractivity contribution >= 4 is 16.7 Å². The van der Waals surface area contributed by atoms with E-state index in [4.69, 9.17) is 4.42 Å². The number of nitrogens with zero attached hydrogens (tertiary/aromatic N) is 2. The van der Waals surface area contributed by atoms with Gasteiger partial charge in [-0.3, -0.25) is 0 Å². The van der Waals surface area contributed by atoms with Crippen molar-refractivity contribution < 1.29 is 4.42 Å². The molecule has 0 spiro atoms. The Kier molecular flexibility index (Phi) is 3.57. The second-order valence-electron chi connectivity index (χ2n) is 5.02. The number of hydrogen-bond acceptors (Lipinski definition) is 4. The summed E-state index contributed by atoms with van der Waals surface area (Å²) in [5, 5.41) is 13.6. The first-order chi connectivity index (χ1) is 10.3. The Morgan fingerprint density at radius 2 is 2.14 bits per heavy atom. The average molecular weight is 277 g/mol. The minimum Gasteiger partial charge on any atom is -0.469 e. The van der Waals surface area contributed by atoms with E-state index in [2.05, 4.69) is 16.4 Å². The molecule has 4 heteroatoms. The molecule has 0 aliphatic heterocycles. The molecule has 0 bridgehead atoms. The molecule has 1 aromatic carbocycles. The van der Waals surface area contributed by atoms with E-state index in [1.165, 1.54) is 0 Å². The third-order valence-corrected chi connectivity index (χ3v) is 3.32. The number of nitrogens with one attached hydrogen (secondary N) is 1. The number of hydrogen-bond donors (Lipinski definition) is 1. The maximum Gasteiger partial charge on any atom is 0.144 e. The molecule has 2 heterocycles. The standard InChI is InChI=1S/C17H15N3O/c1-12(9-15-6-4-8-21-15)19-17-14(11-18)10-13-5-2-3-7-16(13)20-17/h2-8,10,12H,9H2,1H3,(H,19,20). The molecule has 0 amide bonds. The number of rotatable bonds is 4. The van der Waals surface area contributed by atoms with Gasteiger partial charge in [-0.25, -0.2) is 4.98 Å². The Hall–Kier alpha value is -2.80. The van der Waals surface area contributed by atoms with Crippen LogP contribution in [0.3, 0.4) is 0 Å². The van der Waals surface area contributed by atoms with E-state index in [0.29, 0.717) is 11.4 Å². The van der Waals surface area contributed by atoms with Crippen LogP contribution in [0.4, 0.5) is 5.82 Å². The van der Waals surface area contributed by atoms with E-state index < -0.39 is 0 Å². The zero-order valence-electron chi connectivity index (χ0n) is 11.7. The lowest BCUT2D eigenvalue weighted by molar-refractivity contribution is 0.497. The van der Waals surface area contributed by atoms with E-state index >= 15 is 0 Å². The molecule has 4 nitrogen and oxygen atoms in total. The highest BCUT2D eigenvalue weighted by Crippen LogP contribution is 2.21. The minimum atomic E-state index is 0.122. The van der Waals surface area contributed by atoms with Gasteiger partial charge in [-0.1, -0.05) is 18.2 Å². The van der Waals surface area contributed by atoms with Crippen molar-refractivity contribution in [1.29, 1.82) is 5.26 Å². The topological polar surface area (TPSA) is 61.9 Å². The fourth-order valence-corrected chi connectivity index (χ4v) is 2.33. The largest absolute Gasteiger partial charge is 0.469 e. The van der Waals surface area contributed by atoms with Crippen LogP contribution >= 0.6 is 0 Å². The number of fused-ring (bicyclic) bond motifs is 1. The van der Waals surface area contributed by atoms with Gasteiger partial charge in [0.25, 0.3) is 0 Å². The quantitative estimate of drug-likeness (QED) is 0.789. The van der Waals surface area contributed by atoms with Gasteiger partial charge in [-0.2, -0.15) is 5.26 Å². The number of anilines is 1. The van der Waals surface area contributed by atoms with Crippen molar-refractivity contribution in [3.8, 4) is 6.07 Å². The molecule has 0 saturated heterocycles.